The number of benzene rings is 2. The van der Waals surface area contributed by atoms with Gasteiger partial charge < -0.3 is 14.6 Å². The van der Waals surface area contributed by atoms with Gasteiger partial charge in [-0.2, -0.15) is 0 Å². The fourth-order valence-corrected chi connectivity index (χ4v) is 2.96. The van der Waals surface area contributed by atoms with E-state index in [1.807, 2.05) is 27.7 Å². The summed E-state index contributed by atoms with van der Waals surface area (Å²) in [6, 6.07) is 13.5. The minimum atomic E-state index is -0.776. The van der Waals surface area contributed by atoms with Crippen molar-refractivity contribution in [1.82, 2.24) is 0 Å². The van der Waals surface area contributed by atoms with Crippen molar-refractivity contribution in [1.29, 1.82) is 0 Å². The molecular weight excluding hydrogens is 358 g/mol. The lowest BCUT2D eigenvalue weighted by Crippen LogP contribution is -2.32. The first kappa shape index (κ1) is 19.5. The average Bonchev–Trinajstić information content (AvgIpc) is 2.85. The molecule has 0 unspecified atom stereocenters. The van der Waals surface area contributed by atoms with Crippen LogP contribution in [0.5, 0.6) is 11.5 Å². The summed E-state index contributed by atoms with van der Waals surface area (Å²) in [4.78, 5) is 26.6. The highest BCUT2D eigenvalue weighted by atomic mass is 16.5. The first-order chi connectivity index (χ1) is 13.3. The maximum atomic E-state index is 13.0. The summed E-state index contributed by atoms with van der Waals surface area (Å²) in [5, 5.41) is 10.4. The molecule has 6 nitrogen and oxygen atoms in total. The van der Waals surface area contributed by atoms with Crippen LogP contribution >= 0.6 is 0 Å². The van der Waals surface area contributed by atoms with Crippen molar-refractivity contribution in [3.8, 4) is 11.5 Å². The fourth-order valence-electron chi connectivity index (χ4n) is 2.96. The molecule has 1 aliphatic heterocycles. The van der Waals surface area contributed by atoms with Crippen LogP contribution in [-0.2, 0) is 9.59 Å². The molecule has 1 heterocycles. The first-order valence-corrected chi connectivity index (χ1v) is 9.14. The highest BCUT2D eigenvalue weighted by Gasteiger charge is 2.41. The van der Waals surface area contributed by atoms with Crippen molar-refractivity contribution in [2.75, 3.05) is 4.90 Å². The van der Waals surface area contributed by atoms with Crippen molar-refractivity contribution in [2.45, 2.75) is 39.9 Å². The Labute approximate surface area is 164 Å². The van der Waals surface area contributed by atoms with Gasteiger partial charge >= 0.3 is 5.91 Å². The number of hydrogen-bond donors (Lipinski definition) is 1. The summed E-state index contributed by atoms with van der Waals surface area (Å²) < 4.78 is 11.3. The minimum absolute atomic E-state index is 0.0149. The van der Waals surface area contributed by atoms with E-state index in [-0.39, 0.29) is 17.8 Å². The lowest BCUT2D eigenvalue weighted by atomic mass is 10.1. The Morgan fingerprint density at radius 1 is 0.821 bits per heavy atom. The zero-order valence-corrected chi connectivity index (χ0v) is 16.3. The zero-order valence-electron chi connectivity index (χ0n) is 16.3. The van der Waals surface area contributed by atoms with Gasteiger partial charge in [0, 0.05) is 0 Å². The second kappa shape index (κ2) is 7.76. The van der Waals surface area contributed by atoms with Gasteiger partial charge in [-0.25, -0.2) is 4.90 Å². The Bertz CT molecular complexity index is 928. The molecule has 0 aromatic heterocycles. The minimum Gasteiger partial charge on any atom is -0.502 e. The third-order valence-electron chi connectivity index (χ3n) is 4.04. The number of imide groups is 1. The second-order valence-corrected chi connectivity index (χ2v) is 6.99. The normalized spacial score (nSPS) is 14.4. The summed E-state index contributed by atoms with van der Waals surface area (Å²) in [6.45, 7) is 7.53. The fraction of sp³-hybridized carbons (Fsp3) is 0.273. The number of carbonyl (C=O) groups excluding carboxylic acids is 2. The predicted molar refractivity (Wildman–Crippen MR) is 106 cm³/mol. The molecule has 2 aromatic carbocycles. The molecule has 0 fully saturated rings. The van der Waals surface area contributed by atoms with Crippen LogP contribution in [-0.4, -0.2) is 29.1 Å². The highest BCUT2D eigenvalue weighted by molar-refractivity contribution is 6.45. The van der Waals surface area contributed by atoms with E-state index in [0.29, 0.717) is 22.7 Å². The van der Waals surface area contributed by atoms with Gasteiger partial charge in [-0.1, -0.05) is 24.3 Å². The van der Waals surface area contributed by atoms with Gasteiger partial charge in [0.05, 0.1) is 23.5 Å². The molecule has 0 bridgehead atoms. The van der Waals surface area contributed by atoms with Crippen molar-refractivity contribution >= 4 is 23.1 Å². The second-order valence-electron chi connectivity index (χ2n) is 6.99. The van der Waals surface area contributed by atoms with E-state index in [2.05, 4.69) is 0 Å². The molecule has 0 atom stereocenters. The van der Waals surface area contributed by atoms with E-state index >= 15 is 0 Å². The number of hydrogen-bond acceptors (Lipinski definition) is 5. The van der Waals surface area contributed by atoms with Gasteiger partial charge in [0.2, 0.25) is 0 Å². The van der Waals surface area contributed by atoms with Gasteiger partial charge in [-0.3, -0.25) is 9.59 Å². The van der Waals surface area contributed by atoms with Crippen LogP contribution in [0, 0.1) is 0 Å². The number of aliphatic hydroxyl groups is 1. The summed E-state index contributed by atoms with van der Waals surface area (Å²) in [5.74, 6) is -0.916. The molecule has 2 aromatic rings. The van der Waals surface area contributed by atoms with Crippen molar-refractivity contribution in [2.24, 2.45) is 0 Å². The molecule has 146 valence electrons. The largest absolute Gasteiger partial charge is 0.502 e. The SMILES string of the molecule is CC(C)Oc1ccc(C2=C(O)C(=O)N(c3ccccc3OC(C)C)C2=O)cc1. The Morgan fingerprint density at radius 2 is 1.43 bits per heavy atom. The summed E-state index contributed by atoms with van der Waals surface area (Å²) in [7, 11) is 0. The standard InChI is InChI=1S/C22H23NO5/c1-13(2)27-16-11-9-15(10-12-16)19-20(24)22(26)23(21(19)25)17-7-5-6-8-18(17)28-14(3)4/h5-14,24H,1-4H3. The van der Waals surface area contributed by atoms with E-state index in [1.54, 1.807) is 48.5 Å². The summed E-state index contributed by atoms with van der Waals surface area (Å²) in [5.41, 5.74) is 0.699. The molecule has 0 aliphatic carbocycles. The van der Waals surface area contributed by atoms with Crippen LogP contribution in [0.15, 0.2) is 54.3 Å². The average molecular weight is 381 g/mol. The summed E-state index contributed by atoms with van der Waals surface area (Å²) >= 11 is 0. The van der Waals surface area contributed by atoms with Crippen LogP contribution in [0.2, 0.25) is 0 Å². The van der Waals surface area contributed by atoms with Gasteiger partial charge in [-0.15, -0.1) is 0 Å². The van der Waals surface area contributed by atoms with Gasteiger partial charge in [0.1, 0.15) is 11.5 Å². The molecule has 28 heavy (non-hydrogen) atoms. The van der Waals surface area contributed by atoms with E-state index in [9.17, 15) is 14.7 Å². The Kier molecular flexibility index (Phi) is 5.40. The molecule has 0 radical (unpaired) electrons. The molecular formula is C22H23NO5. The Balaban J connectivity index is 1.95. The molecule has 0 spiro atoms. The van der Waals surface area contributed by atoms with Crippen LogP contribution in [0.4, 0.5) is 5.69 Å². The van der Waals surface area contributed by atoms with E-state index in [4.69, 9.17) is 9.47 Å². The zero-order chi connectivity index (χ0) is 20.4. The number of amides is 2. The van der Waals surface area contributed by atoms with Crippen LogP contribution in [0.1, 0.15) is 33.3 Å². The van der Waals surface area contributed by atoms with Gasteiger partial charge in [0.15, 0.2) is 5.76 Å². The number of rotatable bonds is 6. The number of nitrogens with zero attached hydrogens (tertiary/aromatic N) is 1. The van der Waals surface area contributed by atoms with E-state index in [1.165, 1.54) is 0 Å². The predicted octanol–water partition coefficient (Wildman–Crippen LogP) is 4.10. The van der Waals surface area contributed by atoms with Crippen LogP contribution < -0.4 is 14.4 Å². The van der Waals surface area contributed by atoms with E-state index in [0.717, 1.165) is 4.90 Å². The topological polar surface area (TPSA) is 76.1 Å². The van der Waals surface area contributed by atoms with Crippen molar-refractivity contribution in [3.63, 3.8) is 0 Å². The van der Waals surface area contributed by atoms with Crippen LogP contribution in [0.3, 0.4) is 0 Å². The van der Waals surface area contributed by atoms with Gasteiger partial charge in [-0.05, 0) is 57.5 Å². The number of aliphatic hydroxyl groups excluding tert-OH is 1. The number of para-hydroxylation sites is 2. The maximum Gasteiger partial charge on any atom is 0.301 e. The van der Waals surface area contributed by atoms with Gasteiger partial charge in [0.25, 0.3) is 5.91 Å². The number of anilines is 1. The van der Waals surface area contributed by atoms with Crippen LogP contribution in [0.25, 0.3) is 5.57 Å². The Morgan fingerprint density at radius 3 is 2.04 bits per heavy atom. The lowest BCUT2D eigenvalue weighted by Gasteiger charge is -2.20. The lowest BCUT2D eigenvalue weighted by molar-refractivity contribution is -0.121. The Hall–Kier alpha value is -3.28. The third kappa shape index (κ3) is 3.71. The molecule has 1 aliphatic rings. The summed E-state index contributed by atoms with van der Waals surface area (Å²) in [6.07, 6.45) is -0.121. The quantitative estimate of drug-likeness (QED) is 0.763. The smallest absolute Gasteiger partial charge is 0.301 e. The molecule has 1 N–H and O–H groups in total. The van der Waals surface area contributed by atoms with Crippen molar-refractivity contribution in [3.05, 3.63) is 59.9 Å². The molecule has 0 saturated heterocycles. The monoisotopic (exact) mass is 381 g/mol. The number of carbonyl (C=O) groups is 2. The molecule has 6 heteroatoms. The third-order valence-corrected chi connectivity index (χ3v) is 4.04. The molecule has 0 saturated carbocycles. The molecule has 2 amide bonds. The molecule has 3 rings (SSSR count). The first-order valence-electron chi connectivity index (χ1n) is 9.14. The van der Waals surface area contributed by atoms with Crippen molar-refractivity contribution < 1.29 is 24.2 Å². The maximum absolute atomic E-state index is 13.0. The van der Waals surface area contributed by atoms with E-state index < -0.39 is 17.6 Å². The number of ether oxygens (including phenoxy) is 2. The highest BCUT2D eigenvalue weighted by Crippen LogP contribution is 2.37.